The van der Waals surface area contributed by atoms with Crippen molar-refractivity contribution in [2.75, 3.05) is 51.0 Å². The molecule has 12 heteroatoms. The quantitative estimate of drug-likeness (QED) is 0.114. The first-order chi connectivity index (χ1) is 23.7. The summed E-state index contributed by atoms with van der Waals surface area (Å²) in [4.78, 5) is 63.3. The van der Waals surface area contributed by atoms with Gasteiger partial charge in [0.25, 0.3) is 0 Å². The van der Waals surface area contributed by atoms with Crippen molar-refractivity contribution < 1.29 is 38.6 Å². The first-order valence-electron chi connectivity index (χ1n) is 17.6. The molecule has 2 aromatic rings. The summed E-state index contributed by atoms with van der Waals surface area (Å²) in [6.07, 6.45) is 8.11. The molecule has 3 amide bonds. The molecular weight excluding hydrogens is 628 g/mol. The molecule has 3 N–H and O–H groups in total. The largest absolute Gasteiger partial charge is 0.481 e. The standard InChI is InChI=1S/C37H54N4O8/c1-3-41(31-10-7-9-28(2)25-31)35(44)27-40-20-8-11-32(40)33(42)26-29-13-15-30(16-14-29)37(47)39-18-6-4-5-12-34(43)38-19-22-49-24-23-48-21-17-36(45)46/h7-11,20,25,29-30H,3-6,12-19,21-24,26-27H2,1-2H3,(H,38,43)(H,39,47)(H,45,46). The zero-order valence-corrected chi connectivity index (χ0v) is 29.1. The fourth-order valence-electron chi connectivity index (χ4n) is 6.11. The summed E-state index contributed by atoms with van der Waals surface area (Å²) < 4.78 is 12.2. The lowest BCUT2D eigenvalue weighted by Gasteiger charge is -2.27. The van der Waals surface area contributed by atoms with Crippen molar-refractivity contribution in [2.45, 2.75) is 84.6 Å². The van der Waals surface area contributed by atoms with Crippen molar-refractivity contribution in [3.63, 3.8) is 0 Å². The van der Waals surface area contributed by atoms with Gasteiger partial charge >= 0.3 is 5.97 Å². The van der Waals surface area contributed by atoms with Gasteiger partial charge in [-0.05, 0) is 88.1 Å². The summed E-state index contributed by atoms with van der Waals surface area (Å²) in [5.74, 6) is -0.730. The number of likely N-dealkylation sites (N-methyl/N-ethyl adjacent to an activating group) is 1. The van der Waals surface area contributed by atoms with E-state index < -0.39 is 5.97 Å². The van der Waals surface area contributed by atoms with Crippen LogP contribution in [-0.4, -0.2) is 85.2 Å². The van der Waals surface area contributed by atoms with E-state index >= 15 is 0 Å². The molecule has 0 saturated heterocycles. The highest BCUT2D eigenvalue weighted by atomic mass is 16.5. The molecule has 1 aromatic heterocycles. The van der Waals surface area contributed by atoms with E-state index in [-0.39, 0.29) is 54.9 Å². The van der Waals surface area contributed by atoms with Crippen LogP contribution in [-0.2, 0) is 35.2 Å². The Morgan fingerprint density at radius 1 is 0.878 bits per heavy atom. The average molecular weight is 683 g/mol. The van der Waals surface area contributed by atoms with Gasteiger partial charge in [-0.15, -0.1) is 0 Å². The monoisotopic (exact) mass is 682 g/mol. The minimum atomic E-state index is -0.900. The molecule has 3 rings (SSSR count). The molecule has 0 radical (unpaired) electrons. The van der Waals surface area contributed by atoms with Crippen LogP contribution in [0.15, 0.2) is 42.6 Å². The SMILES string of the molecule is CCN(C(=O)Cn1cccc1C(=O)CC1CCC(C(=O)NCCCCCC(=O)NCCOCCOCCC(=O)O)CC1)c1cccc(C)c1. The summed E-state index contributed by atoms with van der Waals surface area (Å²) >= 11 is 0. The third kappa shape index (κ3) is 14.5. The predicted molar refractivity (Wildman–Crippen MR) is 186 cm³/mol. The van der Waals surface area contributed by atoms with Crippen molar-refractivity contribution in [3.05, 3.63) is 53.9 Å². The zero-order valence-electron chi connectivity index (χ0n) is 29.1. The number of ether oxygens (including phenoxy) is 2. The number of Topliss-reactive ketones (excluding diaryl/α,β-unsaturated/α-hetero) is 1. The van der Waals surface area contributed by atoms with Gasteiger partial charge < -0.3 is 34.7 Å². The first kappa shape index (κ1) is 39.4. The summed E-state index contributed by atoms with van der Waals surface area (Å²) in [5, 5.41) is 14.4. The van der Waals surface area contributed by atoms with Crippen LogP contribution < -0.4 is 15.5 Å². The van der Waals surface area contributed by atoms with Gasteiger partial charge in [-0.2, -0.15) is 0 Å². The molecule has 1 fully saturated rings. The Morgan fingerprint density at radius 3 is 2.35 bits per heavy atom. The number of rotatable bonds is 23. The third-order valence-electron chi connectivity index (χ3n) is 8.82. The van der Waals surface area contributed by atoms with E-state index in [4.69, 9.17) is 14.6 Å². The van der Waals surface area contributed by atoms with Gasteiger partial charge in [-0.3, -0.25) is 24.0 Å². The fraction of sp³-hybridized carbons (Fsp3) is 0.595. The molecule has 0 spiro atoms. The molecule has 1 saturated carbocycles. The molecule has 0 atom stereocenters. The van der Waals surface area contributed by atoms with Crippen molar-refractivity contribution in [2.24, 2.45) is 11.8 Å². The molecule has 0 unspecified atom stereocenters. The molecule has 1 aliphatic carbocycles. The molecule has 270 valence electrons. The first-order valence-corrected chi connectivity index (χ1v) is 17.6. The summed E-state index contributed by atoms with van der Waals surface area (Å²) in [6, 6.07) is 11.4. The van der Waals surface area contributed by atoms with Crippen LogP contribution in [0.25, 0.3) is 0 Å². The molecular formula is C37H54N4O8. The Labute approximate surface area is 289 Å². The Bertz CT molecular complexity index is 1350. The Balaban J connectivity index is 1.24. The van der Waals surface area contributed by atoms with Gasteiger partial charge in [0.05, 0.1) is 38.5 Å². The number of carboxylic acid groups (broad SMARTS) is 1. The highest BCUT2D eigenvalue weighted by Gasteiger charge is 2.28. The van der Waals surface area contributed by atoms with Gasteiger partial charge in [-0.1, -0.05) is 18.6 Å². The zero-order chi connectivity index (χ0) is 35.4. The maximum Gasteiger partial charge on any atom is 0.305 e. The number of carboxylic acids is 1. The smallest absolute Gasteiger partial charge is 0.305 e. The van der Waals surface area contributed by atoms with Gasteiger partial charge in [-0.25, -0.2) is 0 Å². The van der Waals surface area contributed by atoms with E-state index in [1.165, 1.54) is 0 Å². The van der Waals surface area contributed by atoms with Crippen LogP contribution >= 0.6 is 0 Å². The average Bonchev–Trinajstić information content (AvgIpc) is 3.54. The number of nitrogens with one attached hydrogen (secondary N) is 2. The normalized spacial score (nSPS) is 15.8. The van der Waals surface area contributed by atoms with Gasteiger partial charge in [0.15, 0.2) is 5.78 Å². The number of ketones is 1. The molecule has 1 aromatic carbocycles. The molecule has 1 heterocycles. The topological polar surface area (TPSA) is 156 Å². The summed E-state index contributed by atoms with van der Waals surface area (Å²) in [6.45, 7) is 6.74. The van der Waals surface area contributed by atoms with Crippen LogP contribution in [0.4, 0.5) is 5.69 Å². The van der Waals surface area contributed by atoms with E-state index in [0.29, 0.717) is 58.0 Å². The van der Waals surface area contributed by atoms with E-state index in [1.54, 1.807) is 21.7 Å². The number of aromatic nitrogens is 1. The van der Waals surface area contributed by atoms with E-state index in [0.717, 1.165) is 56.2 Å². The number of carbonyl (C=O) groups is 5. The van der Waals surface area contributed by atoms with Gasteiger partial charge in [0.1, 0.15) is 6.54 Å². The van der Waals surface area contributed by atoms with Crippen LogP contribution in [0, 0.1) is 18.8 Å². The second-order valence-corrected chi connectivity index (χ2v) is 12.7. The molecule has 0 bridgehead atoms. The number of anilines is 1. The number of aryl methyl sites for hydroxylation is 1. The molecule has 49 heavy (non-hydrogen) atoms. The summed E-state index contributed by atoms with van der Waals surface area (Å²) in [7, 11) is 0. The summed E-state index contributed by atoms with van der Waals surface area (Å²) in [5.41, 5.74) is 2.48. The number of nitrogens with zero attached hydrogens (tertiary/aromatic N) is 2. The maximum atomic E-state index is 13.3. The lowest BCUT2D eigenvalue weighted by Crippen LogP contribution is -2.34. The van der Waals surface area contributed by atoms with Crippen molar-refractivity contribution in [1.29, 1.82) is 0 Å². The van der Waals surface area contributed by atoms with Gasteiger partial charge in [0, 0.05) is 50.3 Å². The Morgan fingerprint density at radius 2 is 1.63 bits per heavy atom. The van der Waals surface area contributed by atoms with E-state index in [1.807, 2.05) is 44.2 Å². The fourth-order valence-corrected chi connectivity index (χ4v) is 6.11. The minimum Gasteiger partial charge on any atom is -0.481 e. The minimum absolute atomic E-state index is 0.0307. The van der Waals surface area contributed by atoms with Gasteiger partial charge in [0.2, 0.25) is 17.7 Å². The van der Waals surface area contributed by atoms with Crippen LogP contribution in [0.5, 0.6) is 0 Å². The third-order valence-corrected chi connectivity index (χ3v) is 8.82. The number of benzene rings is 1. The van der Waals surface area contributed by atoms with Crippen molar-refractivity contribution in [3.8, 4) is 0 Å². The Kier molecular flexibility index (Phi) is 17.6. The predicted octanol–water partition coefficient (Wildman–Crippen LogP) is 4.53. The van der Waals surface area contributed by atoms with Crippen LogP contribution in [0.2, 0.25) is 0 Å². The molecule has 1 aliphatic rings. The van der Waals surface area contributed by atoms with Crippen molar-refractivity contribution >= 4 is 35.2 Å². The van der Waals surface area contributed by atoms with Crippen LogP contribution in [0.3, 0.4) is 0 Å². The van der Waals surface area contributed by atoms with E-state index in [9.17, 15) is 24.0 Å². The second kappa shape index (κ2) is 21.8. The number of hydrogen-bond donors (Lipinski definition) is 3. The molecule has 12 nitrogen and oxygen atoms in total. The molecule has 0 aliphatic heterocycles. The Hall–Kier alpha value is -4.03. The highest BCUT2D eigenvalue weighted by Crippen LogP contribution is 2.32. The number of hydrogen-bond acceptors (Lipinski definition) is 7. The van der Waals surface area contributed by atoms with E-state index in [2.05, 4.69) is 10.6 Å². The lowest BCUT2D eigenvalue weighted by atomic mass is 9.79. The van der Waals surface area contributed by atoms with Crippen molar-refractivity contribution in [1.82, 2.24) is 15.2 Å². The lowest BCUT2D eigenvalue weighted by molar-refractivity contribution is -0.138. The number of unbranched alkanes of at least 4 members (excludes halogenated alkanes) is 2. The number of amides is 3. The maximum absolute atomic E-state index is 13.3. The number of aliphatic carboxylic acids is 1. The van der Waals surface area contributed by atoms with Crippen LogP contribution in [0.1, 0.15) is 87.2 Å². The number of carbonyl (C=O) groups excluding carboxylic acids is 4. The highest BCUT2D eigenvalue weighted by molar-refractivity contribution is 5.97. The second-order valence-electron chi connectivity index (χ2n) is 12.7.